The summed E-state index contributed by atoms with van der Waals surface area (Å²) in [4.78, 5) is 49.9. The first-order chi connectivity index (χ1) is 19.7. The fourth-order valence-electron chi connectivity index (χ4n) is 5.24. The normalized spacial score (nSPS) is 17.7. The van der Waals surface area contributed by atoms with Crippen molar-refractivity contribution in [3.8, 4) is 0 Å². The van der Waals surface area contributed by atoms with E-state index in [1.807, 2.05) is 56.3 Å². The molecule has 0 spiro atoms. The van der Waals surface area contributed by atoms with E-state index in [1.165, 1.54) is 28.4 Å². The SMILES string of the molecule is COC1=C(OC)C(=O)C2=C(CCC/C2=C\c2ccccc2)C1=O.COC1=C(OC)C(=O)c2c(ccc(C)c2C)C1=O. The molecule has 0 aliphatic heterocycles. The number of carbonyl (C=O) groups excluding carboxylic acids is 4. The average Bonchev–Trinajstić information content (AvgIpc) is 2.98. The molecule has 212 valence electrons. The Morgan fingerprint density at radius 3 is 1.80 bits per heavy atom. The molecule has 0 atom stereocenters. The lowest BCUT2D eigenvalue weighted by Crippen LogP contribution is -2.28. The number of aryl methyl sites for hydroxylation is 1. The van der Waals surface area contributed by atoms with E-state index in [2.05, 4.69) is 0 Å². The molecule has 0 amide bonds. The van der Waals surface area contributed by atoms with Crippen molar-refractivity contribution < 1.29 is 38.1 Å². The molecule has 0 heterocycles. The van der Waals surface area contributed by atoms with E-state index in [1.54, 1.807) is 6.07 Å². The summed E-state index contributed by atoms with van der Waals surface area (Å²) in [5, 5.41) is 0. The first kappa shape index (κ1) is 29.3. The Morgan fingerprint density at radius 2 is 1.20 bits per heavy atom. The standard InChI is InChI=1S/C19H18O4.C14H14O4/c1-22-18-16(20)14-10-6-9-13(11-12-7-4-3-5-8-12)15(14)17(21)19(18)23-2;1-7-5-6-9-10(8(7)2)12(16)14(18-4)13(17-3)11(9)15/h3-5,7-8,11H,6,9-10H2,1-2H3;5-6H,1-4H3/b13-11+;. The molecule has 3 aliphatic carbocycles. The number of methoxy groups -OCH3 is 4. The van der Waals surface area contributed by atoms with Gasteiger partial charge in [-0.3, -0.25) is 19.2 Å². The van der Waals surface area contributed by atoms with Crippen molar-refractivity contribution in [3.05, 3.63) is 110 Å². The number of ketones is 4. The Morgan fingerprint density at radius 1 is 0.634 bits per heavy atom. The molecule has 0 bridgehead atoms. The van der Waals surface area contributed by atoms with Crippen LogP contribution in [0.4, 0.5) is 0 Å². The Labute approximate surface area is 238 Å². The van der Waals surface area contributed by atoms with E-state index in [4.69, 9.17) is 18.9 Å². The van der Waals surface area contributed by atoms with E-state index in [-0.39, 0.29) is 46.2 Å². The summed E-state index contributed by atoms with van der Waals surface area (Å²) >= 11 is 0. The third kappa shape index (κ3) is 5.25. The van der Waals surface area contributed by atoms with Gasteiger partial charge in [0.1, 0.15) is 0 Å². The Balaban J connectivity index is 0.000000195. The summed E-state index contributed by atoms with van der Waals surface area (Å²) in [6.45, 7) is 3.72. The minimum atomic E-state index is -0.313. The Hall–Kier alpha value is -4.72. The lowest BCUT2D eigenvalue weighted by atomic mass is 9.78. The van der Waals surface area contributed by atoms with Crippen LogP contribution < -0.4 is 0 Å². The summed E-state index contributed by atoms with van der Waals surface area (Å²) in [7, 11) is 5.48. The molecule has 2 aromatic carbocycles. The summed E-state index contributed by atoms with van der Waals surface area (Å²) in [6, 6.07) is 13.3. The van der Waals surface area contributed by atoms with Crippen LogP contribution >= 0.6 is 0 Å². The van der Waals surface area contributed by atoms with Gasteiger partial charge in [-0.1, -0.05) is 42.5 Å². The van der Waals surface area contributed by atoms with Crippen LogP contribution in [0, 0.1) is 13.8 Å². The fourth-order valence-corrected chi connectivity index (χ4v) is 5.24. The molecule has 0 unspecified atom stereocenters. The molecule has 5 rings (SSSR count). The van der Waals surface area contributed by atoms with Gasteiger partial charge in [-0.05, 0) is 61.4 Å². The number of hydrogen-bond acceptors (Lipinski definition) is 8. The second-order valence-electron chi connectivity index (χ2n) is 9.67. The molecule has 0 saturated carbocycles. The molecule has 0 aromatic heterocycles. The van der Waals surface area contributed by atoms with Gasteiger partial charge < -0.3 is 18.9 Å². The maximum absolute atomic E-state index is 12.8. The number of hydrogen-bond donors (Lipinski definition) is 0. The van der Waals surface area contributed by atoms with Crippen molar-refractivity contribution in [2.75, 3.05) is 28.4 Å². The van der Waals surface area contributed by atoms with Gasteiger partial charge >= 0.3 is 0 Å². The highest BCUT2D eigenvalue weighted by atomic mass is 16.5. The monoisotopic (exact) mass is 556 g/mol. The number of carbonyl (C=O) groups is 4. The van der Waals surface area contributed by atoms with Gasteiger partial charge in [0.2, 0.25) is 46.2 Å². The predicted octanol–water partition coefficient (Wildman–Crippen LogP) is 5.39. The van der Waals surface area contributed by atoms with Gasteiger partial charge in [0.15, 0.2) is 0 Å². The quantitative estimate of drug-likeness (QED) is 0.451. The highest BCUT2D eigenvalue weighted by Crippen LogP contribution is 2.39. The first-order valence-electron chi connectivity index (χ1n) is 13.1. The number of rotatable bonds is 5. The maximum Gasteiger partial charge on any atom is 0.232 e. The smallest absolute Gasteiger partial charge is 0.232 e. The van der Waals surface area contributed by atoms with Gasteiger partial charge in [0.05, 0.1) is 28.4 Å². The summed E-state index contributed by atoms with van der Waals surface area (Å²) in [5.41, 5.74) is 5.49. The third-order valence-corrected chi connectivity index (χ3v) is 7.40. The second kappa shape index (κ2) is 12.2. The minimum absolute atomic E-state index is 0.00267. The van der Waals surface area contributed by atoms with E-state index in [0.29, 0.717) is 28.7 Å². The highest BCUT2D eigenvalue weighted by molar-refractivity contribution is 6.26. The maximum atomic E-state index is 12.8. The van der Waals surface area contributed by atoms with Crippen LogP contribution in [0.3, 0.4) is 0 Å². The fraction of sp³-hybridized carbons (Fsp3) is 0.273. The van der Waals surface area contributed by atoms with Crippen molar-refractivity contribution >= 4 is 29.2 Å². The van der Waals surface area contributed by atoms with E-state index >= 15 is 0 Å². The number of benzene rings is 2. The molecule has 8 heteroatoms. The zero-order valence-electron chi connectivity index (χ0n) is 24.0. The molecule has 0 N–H and O–H groups in total. The molecular formula is C33H32O8. The lowest BCUT2D eigenvalue weighted by molar-refractivity contribution is -0.121. The Bertz CT molecular complexity index is 1570. The topological polar surface area (TPSA) is 105 Å². The highest BCUT2D eigenvalue weighted by Gasteiger charge is 2.39. The molecule has 0 fully saturated rings. The summed E-state index contributed by atoms with van der Waals surface area (Å²) in [6.07, 6.45) is 4.18. The van der Waals surface area contributed by atoms with Gasteiger partial charge in [-0.25, -0.2) is 0 Å². The largest absolute Gasteiger partial charge is 0.489 e. The van der Waals surface area contributed by atoms with E-state index in [0.717, 1.165) is 35.1 Å². The van der Waals surface area contributed by atoms with Crippen LogP contribution in [0.2, 0.25) is 0 Å². The van der Waals surface area contributed by atoms with Crippen LogP contribution in [0.25, 0.3) is 6.08 Å². The van der Waals surface area contributed by atoms with Gasteiger partial charge in [0.25, 0.3) is 0 Å². The van der Waals surface area contributed by atoms with Crippen molar-refractivity contribution in [2.45, 2.75) is 33.1 Å². The van der Waals surface area contributed by atoms with Crippen molar-refractivity contribution in [1.82, 2.24) is 0 Å². The average molecular weight is 557 g/mol. The number of allylic oxidation sites excluding steroid dienone is 5. The zero-order valence-corrected chi connectivity index (χ0v) is 24.0. The van der Waals surface area contributed by atoms with Gasteiger partial charge in [-0.15, -0.1) is 0 Å². The molecule has 0 radical (unpaired) electrons. The van der Waals surface area contributed by atoms with Crippen LogP contribution in [0.15, 0.2) is 82.2 Å². The number of Topliss-reactive ketones (excluding diaryl/α,β-unsaturated/α-hetero) is 4. The molecule has 3 aliphatic rings. The molecule has 0 saturated heterocycles. The van der Waals surface area contributed by atoms with Crippen LogP contribution in [0.5, 0.6) is 0 Å². The molecule has 41 heavy (non-hydrogen) atoms. The van der Waals surface area contributed by atoms with Crippen LogP contribution in [-0.2, 0) is 28.5 Å². The van der Waals surface area contributed by atoms with Crippen LogP contribution in [0.1, 0.15) is 56.7 Å². The summed E-state index contributed by atoms with van der Waals surface area (Å²) < 4.78 is 20.3. The third-order valence-electron chi connectivity index (χ3n) is 7.40. The van der Waals surface area contributed by atoms with Gasteiger partial charge in [0, 0.05) is 22.3 Å². The molecular weight excluding hydrogens is 524 g/mol. The van der Waals surface area contributed by atoms with E-state index < -0.39 is 0 Å². The lowest BCUT2D eigenvalue weighted by Gasteiger charge is -2.27. The van der Waals surface area contributed by atoms with Gasteiger partial charge in [-0.2, -0.15) is 0 Å². The molecule has 2 aromatic rings. The zero-order chi connectivity index (χ0) is 29.8. The van der Waals surface area contributed by atoms with Crippen molar-refractivity contribution in [2.24, 2.45) is 0 Å². The van der Waals surface area contributed by atoms with E-state index in [9.17, 15) is 19.2 Å². The predicted molar refractivity (Wildman–Crippen MR) is 152 cm³/mol. The number of fused-ring (bicyclic) bond motifs is 1. The van der Waals surface area contributed by atoms with Crippen LogP contribution in [-0.4, -0.2) is 51.6 Å². The molecule has 8 nitrogen and oxygen atoms in total. The Kier molecular flexibility index (Phi) is 8.71. The van der Waals surface area contributed by atoms with Crippen molar-refractivity contribution in [1.29, 1.82) is 0 Å². The minimum Gasteiger partial charge on any atom is -0.489 e. The van der Waals surface area contributed by atoms with Crippen molar-refractivity contribution in [3.63, 3.8) is 0 Å². The number of ether oxygens (including phenoxy) is 4. The summed E-state index contributed by atoms with van der Waals surface area (Å²) in [5.74, 6) is -1.16. The second-order valence-corrected chi connectivity index (χ2v) is 9.67. The first-order valence-corrected chi connectivity index (χ1v) is 13.1.